The van der Waals surface area contributed by atoms with Crippen LogP contribution in [0, 0.1) is 11.3 Å². The summed E-state index contributed by atoms with van der Waals surface area (Å²) >= 11 is 0. The molecule has 0 spiro atoms. The SMILES string of the molecule is CN=C(NCC1CC1(C)C)NC1CCc2nc(COC)nn2C1. The van der Waals surface area contributed by atoms with E-state index < -0.39 is 0 Å². The molecule has 1 aromatic rings. The van der Waals surface area contributed by atoms with Gasteiger partial charge in [-0.2, -0.15) is 5.10 Å². The topological polar surface area (TPSA) is 76.4 Å². The first kappa shape index (κ1) is 16.2. The molecule has 128 valence electrons. The van der Waals surface area contributed by atoms with Crippen molar-refractivity contribution in [1.29, 1.82) is 0 Å². The van der Waals surface area contributed by atoms with Gasteiger partial charge in [0.15, 0.2) is 11.8 Å². The first-order valence-corrected chi connectivity index (χ1v) is 8.40. The normalized spacial score (nSPS) is 25.8. The standard InChI is InChI=1S/C16H28N6O/c1-16(2)7-11(16)8-18-15(17-3)19-12-5-6-14-20-13(10-23-4)21-22(14)9-12/h11-12H,5-10H2,1-4H3,(H2,17,18,19). The number of nitrogens with one attached hydrogen (secondary N) is 2. The molecule has 0 radical (unpaired) electrons. The summed E-state index contributed by atoms with van der Waals surface area (Å²) in [4.78, 5) is 8.86. The summed E-state index contributed by atoms with van der Waals surface area (Å²) in [6.07, 6.45) is 3.27. The molecule has 3 rings (SSSR count). The van der Waals surface area contributed by atoms with Crippen molar-refractivity contribution in [2.24, 2.45) is 16.3 Å². The Morgan fingerprint density at radius 2 is 2.26 bits per heavy atom. The molecule has 0 aromatic carbocycles. The highest BCUT2D eigenvalue weighted by molar-refractivity contribution is 5.80. The van der Waals surface area contributed by atoms with Gasteiger partial charge < -0.3 is 15.4 Å². The minimum Gasteiger partial charge on any atom is -0.377 e. The van der Waals surface area contributed by atoms with Gasteiger partial charge in [-0.15, -0.1) is 0 Å². The zero-order valence-electron chi connectivity index (χ0n) is 14.6. The van der Waals surface area contributed by atoms with Gasteiger partial charge in [-0.1, -0.05) is 13.8 Å². The average molecular weight is 320 g/mol. The zero-order valence-corrected chi connectivity index (χ0v) is 14.6. The third-order valence-corrected chi connectivity index (χ3v) is 4.97. The van der Waals surface area contributed by atoms with E-state index in [2.05, 4.69) is 39.6 Å². The Labute approximate surface area is 137 Å². The molecule has 1 aromatic heterocycles. The summed E-state index contributed by atoms with van der Waals surface area (Å²) in [5.41, 5.74) is 0.490. The minimum absolute atomic E-state index is 0.331. The lowest BCUT2D eigenvalue weighted by atomic mass is 10.1. The van der Waals surface area contributed by atoms with Crippen LogP contribution in [0.1, 0.15) is 38.3 Å². The van der Waals surface area contributed by atoms with Crippen molar-refractivity contribution in [2.45, 2.75) is 52.3 Å². The number of hydrogen-bond donors (Lipinski definition) is 2. The molecule has 2 atom stereocenters. The Bertz CT molecular complexity index is 579. The smallest absolute Gasteiger partial charge is 0.191 e. The molecule has 0 bridgehead atoms. The third-order valence-electron chi connectivity index (χ3n) is 4.97. The van der Waals surface area contributed by atoms with Crippen LogP contribution in [0.3, 0.4) is 0 Å². The van der Waals surface area contributed by atoms with Crippen LogP contribution in [-0.2, 0) is 24.3 Å². The van der Waals surface area contributed by atoms with E-state index in [0.717, 1.165) is 49.5 Å². The predicted molar refractivity (Wildman–Crippen MR) is 89.2 cm³/mol. The molecule has 2 unspecified atom stereocenters. The van der Waals surface area contributed by atoms with Crippen LogP contribution in [0.5, 0.6) is 0 Å². The van der Waals surface area contributed by atoms with E-state index in [0.29, 0.717) is 18.1 Å². The Morgan fingerprint density at radius 1 is 1.48 bits per heavy atom. The van der Waals surface area contributed by atoms with E-state index in [1.165, 1.54) is 6.42 Å². The average Bonchev–Trinajstić information content (AvgIpc) is 2.93. The van der Waals surface area contributed by atoms with Crippen LogP contribution in [0.4, 0.5) is 0 Å². The van der Waals surface area contributed by atoms with E-state index >= 15 is 0 Å². The maximum absolute atomic E-state index is 5.11. The number of aliphatic imine (C=N–C) groups is 1. The second-order valence-corrected chi connectivity index (χ2v) is 7.28. The lowest BCUT2D eigenvalue weighted by Crippen LogP contribution is -2.47. The van der Waals surface area contributed by atoms with Gasteiger partial charge in [0, 0.05) is 33.2 Å². The van der Waals surface area contributed by atoms with Crippen molar-refractivity contribution in [3.63, 3.8) is 0 Å². The fourth-order valence-corrected chi connectivity index (χ4v) is 3.20. The van der Waals surface area contributed by atoms with E-state index in [9.17, 15) is 0 Å². The second kappa shape index (κ2) is 6.47. The summed E-state index contributed by atoms with van der Waals surface area (Å²) in [5, 5.41) is 11.5. The van der Waals surface area contributed by atoms with Crippen LogP contribution in [0.2, 0.25) is 0 Å². The summed E-state index contributed by atoms with van der Waals surface area (Å²) in [5.74, 6) is 3.46. The molecule has 2 heterocycles. The maximum atomic E-state index is 5.11. The molecule has 1 aliphatic heterocycles. The molecule has 2 N–H and O–H groups in total. The Balaban J connectivity index is 1.51. The molecule has 7 heteroatoms. The van der Waals surface area contributed by atoms with Crippen molar-refractivity contribution >= 4 is 5.96 Å². The summed E-state index contributed by atoms with van der Waals surface area (Å²) < 4.78 is 7.10. The lowest BCUT2D eigenvalue weighted by molar-refractivity contribution is 0.177. The lowest BCUT2D eigenvalue weighted by Gasteiger charge is -2.25. The van der Waals surface area contributed by atoms with E-state index in [1.54, 1.807) is 7.11 Å². The van der Waals surface area contributed by atoms with E-state index in [4.69, 9.17) is 4.74 Å². The quantitative estimate of drug-likeness (QED) is 0.624. The molecule has 1 saturated carbocycles. The van der Waals surface area contributed by atoms with E-state index in [1.807, 2.05) is 11.7 Å². The number of fused-ring (bicyclic) bond motifs is 1. The number of hydrogen-bond acceptors (Lipinski definition) is 4. The fraction of sp³-hybridized carbons (Fsp3) is 0.812. The van der Waals surface area contributed by atoms with Gasteiger partial charge >= 0.3 is 0 Å². The molecule has 0 saturated heterocycles. The molecule has 7 nitrogen and oxygen atoms in total. The van der Waals surface area contributed by atoms with Gasteiger partial charge in [0.25, 0.3) is 0 Å². The number of guanidine groups is 1. The monoisotopic (exact) mass is 320 g/mol. The summed E-state index contributed by atoms with van der Waals surface area (Å²) in [7, 11) is 3.50. The van der Waals surface area contributed by atoms with Gasteiger partial charge in [0.2, 0.25) is 0 Å². The zero-order chi connectivity index (χ0) is 16.4. The van der Waals surface area contributed by atoms with Gasteiger partial charge in [-0.25, -0.2) is 9.67 Å². The van der Waals surface area contributed by atoms with Crippen molar-refractivity contribution < 1.29 is 4.74 Å². The predicted octanol–water partition coefficient (Wildman–Crippen LogP) is 0.950. The maximum Gasteiger partial charge on any atom is 0.191 e. The number of nitrogens with zero attached hydrogens (tertiary/aromatic N) is 4. The number of aromatic nitrogens is 3. The number of ether oxygens (including phenoxy) is 1. The minimum atomic E-state index is 0.331. The largest absolute Gasteiger partial charge is 0.377 e. The summed E-state index contributed by atoms with van der Waals surface area (Å²) in [6.45, 7) is 6.92. The Kier molecular flexibility index (Phi) is 4.57. The van der Waals surface area contributed by atoms with Crippen molar-refractivity contribution in [3.05, 3.63) is 11.6 Å². The molecular formula is C16H28N6O. The van der Waals surface area contributed by atoms with Crippen LogP contribution >= 0.6 is 0 Å². The van der Waals surface area contributed by atoms with Gasteiger partial charge in [-0.05, 0) is 24.2 Å². The molecule has 1 fully saturated rings. The first-order valence-electron chi connectivity index (χ1n) is 8.40. The highest BCUT2D eigenvalue weighted by Gasteiger charge is 2.45. The Hall–Kier alpha value is -1.63. The van der Waals surface area contributed by atoms with Crippen LogP contribution in [0.25, 0.3) is 0 Å². The van der Waals surface area contributed by atoms with Crippen molar-refractivity contribution in [2.75, 3.05) is 20.7 Å². The molecule has 0 amide bonds. The number of aryl methyl sites for hydroxylation is 1. The van der Waals surface area contributed by atoms with Crippen molar-refractivity contribution in [1.82, 2.24) is 25.4 Å². The highest BCUT2D eigenvalue weighted by atomic mass is 16.5. The van der Waals surface area contributed by atoms with Gasteiger partial charge in [0.05, 0.1) is 6.54 Å². The van der Waals surface area contributed by atoms with E-state index in [-0.39, 0.29) is 0 Å². The Morgan fingerprint density at radius 3 is 2.91 bits per heavy atom. The summed E-state index contributed by atoms with van der Waals surface area (Å²) in [6, 6.07) is 0.331. The fourth-order valence-electron chi connectivity index (χ4n) is 3.20. The molecule has 1 aliphatic carbocycles. The molecular weight excluding hydrogens is 292 g/mol. The third kappa shape index (κ3) is 3.83. The van der Waals surface area contributed by atoms with Crippen LogP contribution in [0.15, 0.2) is 4.99 Å². The number of methoxy groups -OCH3 is 1. The molecule has 23 heavy (non-hydrogen) atoms. The van der Waals surface area contributed by atoms with Crippen molar-refractivity contribution in [3.8, 4) is 0 Å². The van der Waals surface area contributed by atoms with Gasteiger partial charge in [-0.3, -0.25) is 4.99 Å². The van der Waals surface area contributed by atoms with Gasteiger partial charge in [0.1, 0.15) is 12.4 Å². The highest BCUT2D eigenvalue weighted by Crippen LogP contribution is 2.50. The first-order chi connectivity index (χ1) is 11.0. The van der Waals surface area contributed by atoms with Crippen LogP contribution < -0.4 is 10.6 Å². The number of rotatable bonds is 5. The van der Waals surface area contributed by atoms with Crippen LogP contribution in [-0.4, -0.2) is 47.5 Å². The molecule has 2 aliphatic rings. The second-order valence-electron chi connectivity index (χ2n) is 7.28.